The number of carbonyl (C=O) groups excluding carboxylic acids is 2. The molecule has 4 rings (SSSR count). The number of benzene rings is 1. The van der Waals surface area contributed by atoms with Crippen molar-refractivity contribution in [2.24, 2.45) is 0 Å². The average molecular weight is 378 g/mol. The highest BCUT2D eigenvalue weighted by Gasteiger charge is 2.32. The van der Waals surface area contributed by atoms with Crippen molar-refractivity contribution in [2.45, 2.75) is 25.6 Å². The molecule has 3 aromatic rings. The van der Waals surface area contributed by atoms with Crippen LogP contribution in [0.15, 0.2) is 60.9 Å². The van der Waals surface area contributed by atoms with E-state index in [1.807, 2.05) is 54.7 Å². The van der Waals surface area contributed by atoms with Crippen molar-refractivity contribution in [3.8, 4) is 0 Å². The molecule has 1 saturated heterocycles. The summed E-state index contributed by atoms with van der Waals surface area (Å²) >= 11 is 0. The first-order valence-electron chi connectivity index (χ1n) is 9.36. The number of hydrogen-bond acceptors (Lipinski definition) is 4. The maximum absolute atomic E-state index is 12.6. The number of aromatic nitrogens is 2. The molecule has 1 aliphatic rings. The van der Waals surface area contributed by atoms with Gasteiger partial charge in [-0.3, -0.25) is 9.78 Å². The summed E-state index contributed by atoms with van der Waals surface area (Å²) in [6.45, 7) is 2.09. The number of carbonyl (C=O) groups is 2. The Labute approximate surface area is 162 Å². The van der Waals surface area contributed by atoms with E-state index in [1.165, 1.54) is 0 Å². The molecule has 1 aliphatic heterocycles. The molecule has 1 atom stereocenters. The van der Waals surface area contributed by atoms with Crippen molar-refractivity contribution in [2.75, 3.05) is 13.1 Å². The van der Waals surface area contributed by atoms with Crippen LogP contribution in [0, 0.1) is 0 Å². The molecular weight excluding hydrogens is 356 g/mol. The number of nitrogens with zero attached hydrogens (tertiary/aromatic N) is 3. The molecule has 0 unspecified atom stereocenters. The summed E-state index contributed by atoms with van der Waals surface area (Å²) in [5, 5.41) is 2.68. The van der Waals surface area contributed by atoms with Gasteiger partial charge < -0.3 is 19.5 Å². The zero-order valence-electron chi connectivity index (χ0n) is 15.5. The summed E-state index contributed by atoms with van der Waals surface area (Å²) in [5.74, 6) is -0.0637. The lowest BCUT2D eigenvalue weighted by Gasteiger charge is -2.18. The third-order valence-corrected chi connectivity index (χ3v) is 4.95. The van der Waals surface area contributed by atoms with Crippen molar-refractivity contribution in [3.05, 3.63) is 66.5 Å². The Kier molecular flexibility index (Phi) is 5.23. The Balaban J connectivity index is 1.27. The van der Waals surface area contributed by atoms with Gasteiger partial charge in [-0.2, -0.15) is 0 Å². The first-order chi connectivity index (χ1) is 13.7. The van der Waals surface area contributed by atoms with Gasteiger partial charge in [0.05, 0.1) is 11.0 Å². The Bertz CT molecular complexity index is 970. The summed E-state index contributed by atoms with van der Waals surface area (Å²) < 4.78 is 7.30. The first kappa shape index (κ1) is 18.0. The SMILES string of the molecule is O=C(N[C@H]1CCN(CCn2ccc3ncccc32)C1=O)OCc1ccccc1. The molecule has 0 bridgehead atoms. The van der Waals surface area contributed by atoms with E-state index in [0.717, 1.165) is 16.6 Å². The van der Waals surface area contributed by atoms with E-state index in [9.17, 15) is 9.59 Å². The molecule has 144 valence electrons. The van der Waals surface area contributed by atoms with Gasteiger partial charge in [-0.15, -0.1) is 0 Å². The van der Waals surface area contributed by atoms with Crippen LogP contribution in [0.5, 0.6) is 0 Å². The molecule has 1 fully saturated rings. The van der Waals surface area contributed by atoms with Crippen molar-refractivity contribution in [3.63, 3.8) is 0 Å². The normalized spacial score (nSPS) is 16.5. The zero-order valence-corrected chi connectivity index (χ0v) is 15.5. The van der Waals surface area contributed by atoms with Gasteiger partial charge in [0, 0.05) is 32.0 Å². The minimum Gasteiger partial charge on any atom is -0.445 e. The number of fused-ring (bicyclic) bond motifs is 1. The smallest absolute Gasteiger partial charge is 0.408 e. The topological polar surface area (TPSA) is 76.5 Å². The minimum atomic E-state index is -0.563. The standard InChI is InChI=1S/C21H22N4O3/c26-20-18(23-21(27)28-15-16-5-2-1-3-6-16)9-12-25(20)14-13-24-11-8-17-19(24)7-4-10-22-17/h1-8,10-11,18H,9,12-15H2,(H,23,27)/t18-/m0/s1. The molecule has 7 nitrogen and oxygen atoms in total. The van der Waals surface area contributed by atoms with E-state index >= 15 is 0 Å². The maximum atomic E-state index is 12.6. The highest BCUT2D eigenvalue weighted by Crippen LogP contribution is 2.15. The van der Waals surface area contributed by atoms with Gasteiger partial charge in [0.2, 0.25) is 5.91 Å². The molecule has 3 heterocycles. The first-order valence-corrected chi connectivity index (χ1v) is 9.36. The van der Waals surface area contributed by atoms with E-state index in [2.05, 4.69) is 14.9 Å². The van der Waals surface area contributed by atoms with Crippen LogP contribution in [0.2, 0.25) is 0 Å². The van der Waals surface area contributed by atoms with Gasteiger partial charge in [-0.25, -0.2) is 4.79 Å². The van der Waals surface area contributed by atoms with Crippen LogP contribution in [-0.2, 0) is 22.7 Å². The molecule has 1 N–H and O–H groups in total. The molecule has 1 aromatic carbocycles. The van der Waals surface area contributed by atoms with Gasteiger partial charge >= 0.3 is 6.09 Å². The lowest BCUT2D eigenvalue weighted by Crippen LogP contribution is -2.42. The summed E-state index contributed by atoms with van der Waals surface area (Å²) in [5.41, 5.74) is 2.90. The summed E-state index contributed by atoms with van der Waals surface area (Å²) in [6.07, 6.45) is 3.78. The van der Waals surface area contributed by atoms with Gasteiger partial charge in [-0.05, 0) is 30.2 Å². The van der Waals surface area contributed by atoms with Crippen molar-refractivity contribution < 1.29 is 14.3 Å². The number of likely N-dealkylation sites (tertiary alicyclic amines) is 1. The maximum Gasteiger partial charge on any atom is 0.408 e. The number of hydrogen-bond donors (Lipinski definition) is 1. The van der Waals surface area contributed by atoms with Crippen LogP contribution in [0.25, 0.3) is 11.0 Å². The van der Waals surface area contributed by atoms with Gasteiger partial charge in [0.1, 0.15) is 12.6 Å². The van der Waals surface area contributed by atoms with E-state index in [-0.39, 0.29) is 12.5 Å². The Morgan fingerprint density at radius 2 is 2.00 bits per heavy atom. The third-order valence-electron chi connectivity index (χ3n) is 4.95. The monoisotopic (exact) mass is 378 g/mol. The lowest BCUT2D eigenvalue weighted by molar-refractivity contribution is -0.129. The van der Waals surface area contributed by atoms with E-state index in [1.54, 1.807) is 11.1 Å². The van der Waals surface area contributed by atoms with Crippen LogP contribution in [0.3, 0.4) is 0 Å². The average Bonchev–Trinajstić information content (AvgIpc) is 3.29. The van der Waals surface area contributed by atoms with Gasteiger partial charge in [-0.1, -0.05) is 30.3 Å². The largest absolute Gasteiger partial charge is 0.445 e. The lowest BCUT2D eigenvalue weighted by atomic mass is 10.2. The minimum absolute atomic E-state index is 0.0637. The Morgan fingerprint density at radius 3 is 2.86 bits per heavy atom. The number of alkyl carbamates (subject to hydrolysis) is 1. The molecule has 0 aliphatic carbocycles. The molecule has 7 heteroatoms. The molecule has 2 amide bonds. The van der Waals surface area contributed by atoms with E-state index in [4.69, 9.17) is 4.74 Å². The van der Waals surface area contributed by atoms with Crippen LogP contribution in [0.4, 0.5) is 4.79 Å². The molecule has 0 saturated carbocycles. The van der Waals surface area contributed by atoms with Gasteiger partial charge in [0.15, 0.2) is 0 Å². The highest BCUT2D eigenvalue weighted by atomic mass is 16.5. The number of nitrogens with one attached hydrogen (secondary N) is 1. The van der Waals surface area contributed by atoms with Crippen molar-refractivity contribution in [1.29, 1.82) is 0 Å². The highest BCUT2D eigenvalue weighted by molar-refractivity contribution is 5.87. The van der Waals surface area contributed by atoms with Crippen molar-refractivity contribution in [1.82, 2.24) is 19.8 Å². The quantitative estimate of drug-likeness (QED) is 0.715. The third kappa shape index (κ3) is 3.98. The second kappa shape index (κ2) is 8.12. The second-order valence-electron chi connectivity index (χ2n) is 6.79. The molecule has 0 spiro atoms. The van der Waals surface area contributed by atoms with Crippen molar-refractivity contribution >= 4 is 23.0 Å². The number of pyridine rings is 1. The number of amides is 2. The zero-order chi connectivity index (χ0) is 19.3. The summed E-state index contributed by atoms with van der Waals surface area (Å²) in [7, 11) is 0. The van der Waals surface area contributed by atoms with E-state index in [0.29, 0.717) is 26.1 Å². The number of rotatable bonds is 6. The predicted octanol–water partition coefficient (Wildman–Crippen LogP) is 2.56. The molecule has 2 aromatic heterocycles. The van der Waals surface area contributed by atoms with Crippen LogP contribution in [-0.4, -0.2) is 45.6 Å². The molecule has 28 heavy (non-hydrogen) atoms. The van der Waals surface area contributed by atoms with Crippen LogP contribution < -0.4 is 5.32 Å². The fourth-order valence-corrected chi connectivity index (χ4v) is 3.45. The Morgan fingerprint density at radius 1 is 1.14 bits per heavy atom. The molecular formula is C21H22N4O3. The summed E-state index contributed by atoms with van der Waals surface area (Å²) in [4.78, 5) is 30.7. The van der Waals surface area contributed by atoms with E-state index < -0.39 is 12.1 Å². The van der Waals surface area contributed by atoms with Crippen LogP contribution in [0.1, 0.15) is 12.0 Å². The second-order valence-corrected chi connectivity index (χ2v) is 6.79. The predicted molar refractivity (Wildman–Crippen MR) is 104 cm³/mol. The Hall–Kier alpha value is -3.35. The van der Waals surface area contributed by atoms with Crippen LogP contribution >= 0.6 is 0 Å². The fourth-order valence-electron chi connectivity index (χ4n) is 3.45. The fraction of sp³-hybridized carbons (Fsp3) is 0.286. The summed E-state index contributed by atoms with van der Waals surface area (Å²) in [6, 6.07) is 14.8. The molecule has 0 radical (unpaired) electrons. The van der Waals surface area contributed by atoms with Gasteiger partial charge in [0.25, 0.3) is 0 Å². The number of ether oxygens (including phenoxy) is 1.